The molecule has 0 spiro atoms. The molecule has 2 N–H and O–H groups in total. The molecule has 6 heteroatoms. The van der Waals surface area contributed by atoms with Crippen LogP contribution in [0.1, 0.15) is 43.7 Å². The number of nitrogens with zero attached hydrogens (tertiary/aromatic N) is 1. The summed E-state index contributed by atoms with van der Waals surface area (Å²) in [6, 6.07) is 8.58. The van der Waals surface area contributed by atoms with Gasteiger partial charge >= 0.3 is 0 Å². The number of nitrogens with one attached hydrogen (secondary N) is 2. The number of benzene rings is 1. The minimum absolute atomic E-state index is 0. The molecule has 3 rings (SSSR count). The van der Waals surface area contributed by atoms with Crippen molar-refractivity contribution < 1.29 is 4.79 Å². The molecule has 1 aliphatic carbocycles. The lowest BCUT2D eigenvalue weighted by Gasteiger charge is -2.37. The molecule has 26 heavy (non-hydrogen) atoms. The molecule has 1 saturated heterocycles. The van der Waals surface area contributed by atoms with Gasteiger partial charge in [-0.05, 0) is 50.0 Å². The Bertz CT molecular complexity index is 584. The Morgan fingerprint density at radius 2 is 2.08 bits per heavy atom. The van der Waals surface area contributed by atoms with E-state index in [1.807, 2.05) is 0 Å². The van der Waals surface area contributed by atoms with Crippen molar-refractivity contribution in [2.45, 2.75) is 45.7 Å². The van der Waals surface area contributed by atoms with E-state index >= 15 is 0 Å². The Balaban J connectivity index is 0.00000169. The molecule has 1 heterocycles. The fourth-order valence-corrected chi connectivity index (χ4v) is 4.31. The van der Waals surface area contributed by atoms with Crippen LogP contribution in [0, 0.1) is 11.3 Å². The molecule has 148 valence electrons. The van der Waals surface area contributed by atoms with Crippen molar-refractivity contribution in [3.8, 4) is 0 Å². The predicted molar refractivity (Wildman–Crippen MR) is 112 cm³/mol. The average molecular weight is 402 g/mol. The number of rotatable bonds is 6. The summed E-state index contributed by atoms with van der Waals surface area (Å²) in [7, 11) is 2.13. The molecule has 1 aromatic rings. The molecule has 0 unspecified atom stereocenters. The van der Waals surface area contributed by atoms with Gasteiger partial charge in [0.15, 0.2) is 0 Å². The van der Waals surface area contributed by atoms with E-state index in [1.54, 1.807) is 0 Å². The van der Waals surface area contributed by atoms with Gasteiger partial charge in [-0.25, -0.2) is 0 Å². The first-order valence-electron chi connectivity index (χ1n) is 9.39. The van der Waals surface area contributed by atoms with E-state index in [-0.39, 0.29) is 36.1 Å². The van der Waals surface area contributed by atoms with Crippen molar-refractivity contribution in [3.63, 3.8) is 0 Å². The smallest absolute Gasteiger partial charge is 0.228 e. The maximum atomic E-state index is 12.9. The molecule has 2 fully saturated rings. The third-order valence-electron chi connectivity index (χ3n) is 5.93. The lowest BCUT2D eigenvalue weighted by molar-refractivity contribution is -0.134. The van der Waals surface area contributed by atoms with Crippen molar-refractivity contribution in [3.05, 3.63) is 35.4 Å². The Labute approximate surface area is 170 Å². The molecular formula is C20H33Cl2N3O. The second kappa shape index (κ2) is 10.5. The Hall–Kier alpha value is -0.810. The molecule has 1 aliphatic heterocycles. The lowest BCUT2D eigenvalue weighted by atomic mass is 9.67. The average Bonchev–Trinajstić information content (AvgIpc) is 3.05. The largest absolute Gasteiger partial charge is 0.351 e. The molecule has 0 bridgehead atoms. The molecule has 0 radical (unpaired) electrons. The van der Waals surface area contributed by atoms with E-state index in [0.717, 1.165) is 32.6 Å². The highest BCUT2D eigenvalue weighted by atomic mass is 35.5. The molecule has 2 atom stereocenters. The molecule has 1 amide bonds. The van der Waals surface area contributed by atoms with Gasteiger partial charge in [0.1, 0.15) is 0 Å². The maximum Gasteiger partial charge on any atom is 0.228 e. The van der Waals surface area contributed by atoms with Crippen LogP contribution < -0.4 is 10.6 Å². The lowest BCUT2D eigenvalue weighted by Crippen LogP contribution is -2.47. The number of fused-ring (bicyclic) bond motifs is 1. The van der Waals surface area contributed by atoms with Gasteiger partial charge < -0.3 is 15.5 Å². The first-order chi connectivity index (χ1) is 11.6. The molecule has 1 aromatic carbocycles. The van der Waals surface area contributed by atoms with E-state index in [2.05, 4.69) is 53.8 Å². The number of carbonyl (C=O) groups is 1. The number of amides is 1. The topological polar surface area (TPSA) is 44.4 Å². The summed E-state index contributed by atoms with van der Waals surface area (Å²) in [5.41, 5.74) is 2.35. The fourth-order valence-electron chi connectivity index (χ4n) is 4.31. The Morgan fingerprint density at radius 3 is 2.85 bits per heavy atom. The molecule has 4 nitrogen and oxygen atoms in total. The van der Waals surface area contributed by atoms with Crippen LogP contribution in [0.3, 0.4) is 0 Å². The molecule has 0 aromatic heterocycles. The minimum Gasteiger partial charge on any atom is -0.351 e. The minimum atomic E-state index is -0.154. The van der Waals surface area contributed by atoms with Gasteiger partial charge in [-0.2, -0.15) is 0 Å². The third-order valence-corrected chi connectivity index (χ3v) is 5.93. The van der Waals surface area contributed by atoms with E-state index < -0.39 is 0 Å². The highest BCUT2D eigenvalue weighted by Crippen LogP contribution is 2.43. The summed E-state index contributed by atoms with van der Waals surface area (Å²) in [6.45, 7) is 6.65. The normalized spacial score (nSPS) is 24.3. The first kappa shape index (κ1) is 23.2. The van der Waals surface area contributed by atoms with E-state index in [1.165, 1.54) is 30.4 Å². The highest BCUT2D eigenvalue weighted by Gasteiger charge is 2.49. The van der Waals surface area contributed by atoms with Crippen molar-refractivity contribution in [2.75, 3.05) is 26.7 Å². The van der Waals surface area contributed by atoms with Gasteiger partial charge in [-0.3, -0.25) is 4.79 Å². The summed E-state index contributed by atoms with van der Waals surface area (Å²) >= 11 is 0. The summed E-state index contributed by atoms with van der Waals surface area (Å²) < 4.78 is 0. The van der Waals surface area contributed by atoms with Crippen LogP contribution in [0.5, 0.6) is 0 Å². The monoisotopic (exact) mass is 401 g/mol. The van der Waals surface area contributed by atoms with Crippen molar-refractivity contribution in [1.82, 2.24) is 15.5 Å². The van der Waals surface area contributed by atoms with Crippen molar-refractivity contribution in [2.24, 2.45) is 11.3 Å². The van der Waals surface area contributed by atoms with Crippen LogP contribution in [0.4, 0.5) is 0 Å². The highest BCUT2D eigenvalue weighted by molar-refractivity contribution is 5.85. The summed E-state index contributed by atoms with van der Waals surface area (Å²) in [5, 5.41) is 6.69. The van der Waals surface area contributed by atoms with Crippen molar-refractivity contribution in [1.29, 1.82) is 0 Å². The second-order valence-corrected chi connectivity index (χ2v) is 7.56. The van der Waals surface area contributed by atoms with Gasteiger partial charge in [0.2, 0.25) is 5.91 Å². The van der Waals surface area contributed by atoms with Crippen LogP contribution in [0.2, 0.25) is 0 Å². The predicted octanol–water partition coefficient (Wildman–Crippen LogP) is 3.38. The van der Waals surface area contributed by atoms with Gasteiger partial charge in [-0.15, -0.1) is 24.8 Å². The second-order valence-electron chi connectivity index (χ2n) is 7.56. The van der Waals surface area contributed by atoms with Crippen LogP contribution in [0.25, 0.3) is 0 Å². The van der Waals surface area contributed by atoms with Crippen molar-refractivity contribution >= 4 is 30.7 Å². The zero-order chi connectivity index (χ0) is 17.0. The third kappa shape index (κ3) is 5.13. The number of hydrogen-bond donors (Lipinski definition) is 2. The summed E-state index contributed by atoms with van der Waals surface area (Å²) in [5.74, 6) is 0.782. The summed E-state index contributed by atoms with van der Waals surface area (Å²) in [6.07, 6.45) is 4.69. The van der Waals surface area contributed by atoms with E-state index in [9.17, 15) is 4.79 Å². The van der Waals surface area contributed by atoms with E-state index in [4.69, 9.17) is 0 Å². The zero-order valence-electron chi connectivity index (χ0n) is 15.9. The zero-order valence-corrected chi connectivity index (χ0v) is 17.6. The Kier molecular flexibility index (Phi) is 9.39. The SMILES string of the molecule is CCN(C)Cc1cccc(CNC(=O)[C@@]23CCCC[C@H]2CNC3)c1.Cl.Cl. The number of halogens is 2. The van der Waals surface area contributed by atoms with E-state index in [0.29, 0.717) is 12.5 Å². The number of hydrogen-bond acceptors (Lipinski definition) is 3. The summed E-state index contributed by atoms with van der Waals surface area (Å²) in [4.78, 5) is 15.2. The van der Waals surface area contributed by atoms with Crippen LogP contribution in [-0.4, -0.2) is 37.5 Å². The molecule has 1 saturated carbocycles. The fraction of sp³-hybridized carbons (Fsp3) is 0.650. The van der Waals surface area contributed by atoms with Gasteiger partial charge in [0, 0.05) is 19.6 Å². The standard InChI is InChI=1S/C20H31N3O.2ClH/c1-3-23(2)14-17-8-6-7-16(11-17)12-22-19(24)20-10-5-4-9-18(20)13-21-15-20;;/h6-8,11,18,21H,3-5,9-10,12-15H2,1-2H3,(H,22,24);2*1H/t18-,20+;;/m0../s1. The molecular weight excluding hydrogens is 369 g/mol. The maximum absolute atomic E-state index is 12.9. The van der Waals surface area contributed by atoms with Crippen LogP contribution in [-0.2, 0) is 17.9 Å². The van der Waals surface area contributed by atoms with Gasteiger partial charge in [0.05, 0.1) is 5.41 Å². The van der Waals surface area contributed by atoms with Crippen LogP contribution >= 0.6 is 24.8 Å². The quantitative estimate of drug-likeness (QED) is 0.767. The van der Waals surface area contributed by atoms with Crippen LogP contribution in [0.15, 0.2) is 24.3 Å². The van der Waals surface area contributed by atoms with Gasteiger partial charge in [-0.1, -0.05) is 44.0 Å². The van der Waals surface area contributed by atoms with Gasteiger partial charge in [0.25, 0.3) is 0 Å². The first-order valence-corrected chi connectivity index (χ1v) is 9.39. The number of carbonyl (C=O) groups excluding carboxylic acids is 1. The molecule has 2 aliphatic rings. The Morgan fingerprint density at radius 1 is 1.31 bits per heavy atom.